The highest BCUT2D eigenvalue weighted by Gasteiger charge is 2.67. The average molecular weight is 412 g/mol. The molecule has 0 bridgehead atoms. The number of fused-ring (bicyclic) bond motifs is 2. The molecule has 2 fully saturated rings. The topological polar surface area (TPSA) is 119 Å². The lowest BCUT2D eigenvalue weighted by atomic mass is 9.85. The van der Waals surface area contributed by atoms with Gasteiger partial charge in [-0.15, -0.1) is 0 Å². The zero-order chi connectivity index (χ0) is 21.5. The van der Waals surface area contributed by atoms with E-state index in [9.17, 15) is 14.4 Å². The van der Waals surface area contributed by atoms with Crippen LogP contribution in [0.25, 0.3) is 10.9 Å². The number of hydrogen-bond acceptors (Lipinski definition) is 5. The number of methoxy groups -OCH3 is 1. The molecule has 31 heavy (non-hydrogen) atoms. The standard InChI is InChI=1S/C23H16N4O4/c1-31-22(30)17-6-14-20(26-17)18(28)7-19-23(14)8-13(23)10-27(19)21(29)16-5-12-4-11(9-24)2-3-15(12)25-16/h2-7,13,25-26H,8,10H2,1H3/t13-,23-/m1/s1. The number of nitrogens with zero attached hydrogens (tertiary/aromatic N) is 2. The highest BCUT2D eigenvalue weighted by molar-refractivity contribution is 6.10. The first-order chi connectivity index (χ1) is 15.0. The number of amides is 1. The molecule has 2 atom stereocenters. The molecule has 0 radical (unpaired) electrons. The van der Waals surface area contributed by atoms with Crippen LogP contribution in [0, 0.1) is 17.2 Å². The summed E-state index contributed by atoms with van der Waals surface area (Å²) in [6, 6.07) is 10.7. The van der Waals surface area contributed by atoms with Gasteiger partial charge in [-0.2, -0.15) is 5.26 Å². The van der Waals surface area contributed by atoms with Crippen LogP contribution in [0.15, 0.2) is 42.1 Å². The molecule has 8 nitrogen and oxygen atoms in total. The van der Waals surface area contributed by atoms with Crippen molar-refractivity contribution in [2.45, 2.75) is 11.8 Å². The predicted octanol–water partition coefficient (Wildman–Crippen LogP) is 2.65. The number of aromatic amines is 2. The Morgan fingerprint density at radius 3 is 2.84 bits per heavy atom. The Balaban J connectivity index is 1.39. The van der Waals surface area contributed by atoms with E-state index < -0.39 is 11.4 Å². The van der Waals surface area contributed by atoms with E-state index in [0.717, 1.165) is 22.9 Å². The molecule has 1 saturated carbocycles. The minimum absolute atomic E-state index is 0.199. The third-order valence-electron chi connectivity index (χ3n) is 6.70. The van der Waals surface area contributed by atoms with Gasteiger partial charge in [0.05, 0.1) is 24.4 Å². The molecule has 2 aromatic heterocycles. The Labute approximate surface area is 176 Å². The highest BCUT2D eigenvalue weighted by atomic mass is 16.5. The van der Waals surface area contributed by atoms with Gasteiger partial charge >= 0.3 is 5.97 Å². The number of ether oxygens (including phenoxy) is 1. The number of allylic oxidation sites excluding steroid dienone is 2. The average Bonchev–Trinajstić information content (AvgIpc) is 3.14. The molecule has 8 heteroatoms. The molecule has 1 aliphatic heterocycles. The number of piperidine rings is 1. The molecule has 1 aromatic carbocycles. The van der Waals surface area contributed by atoms with Gasteiger partial charge < -0.3 is 19.6 Å². The first-order valence-corrected chi connectivity index (χ1v) is 9.89. The summed E-state index contributed by atoms with van der Waals surface area (Å²) in [5.74, 6) is -0.803. The van der Waals surface area contributed by atoms with E-state index in [1.807, 2.05) is 0 Å². The quantitative estimate of drug-likeness (QED) is 0.627. The fourth-order valence-electron chi connectivity index (χ4n) is 5.17. The maximum absolute atomic E-state index is 13.4. The summed E-state index contributed by atoms with van der Waals surface area (Å²) >= 11 is 0. The van der Waals surface area contributed by atoms with E-state index in [1.54, 1.807) is 35.2 Å². The predicted molar refractivity (Wildman–Crippen MR) is 108 cm³/mol. The van der Waals surface area contributed by atoms with E-state index in [4.69, 9.17) is 10.00 Å². The van der Waals surface area contributed by atoms with Crippen LogP contribution in [0.4, 0.5) is 0 Å². The van der Waals surface area contributed by atoms with Gasteiger partial charge in [-0.1, -0.05) is 0 Å². The Morgan fingerprint density at radius 2 is 2.06 bits per heavy atom. The van der Waals surface area contributed by atoms with Gasteiger partial charge in [0, 0.05) is 34.6 Å². The molecular weight excluding hydrogens is 396 g/mol. The summed E-state index contributed by atoms with van der Waals surface area (Å²) in [6.07, 6.45) is 2.35. The lowest BCUT2D eigenvalue weighted by Gasteiger charge is -2.27. The molecule has 2 N–H and O–H groups in total. The highest BCUT2D eigenvalue weighted by Crippen LogP contribution is 2.66. The van der Waals surface area contributed by atoms with Crippen molar-refractivity contribution in [3.63, 3.8) is 0 Å². The second-order valence-corrected chi connectivity index (χ2v) is 8.24. The van der Waals surface area contributed by atoms with Crippen molar-refractivity contribution in [3.8, 4) is 6.07 Å². The van der Waals surface area contributed by atoms with Gasteiger partial charge in [0.15, 0.2) is 0 Å². The fourth-order valence-corrected chi connectivity index (χ4v) is 5.17. The first-order valence-electron chi connectivity index (χ1n) is 9.89. The van der Waals surface area contributed by atoms with Gasteiger partial charge in [0.25, 0.3) is 5.91 Å². The molecule has 2 aliphatic carbocycles. The largest absolute Gasteiger partial charge is 0.464 e. The third-order valence-corrected chi connectivity index (χ3v) is 6.70. The summed E-state index contributed by atoms with van der Waals surface area (Å²) in [5.41, 5.74) is 3.38. The van der Waals surface area contributed by atoms with E-state index in [2.05, 4.69) is 16.0 Å². The smallest absolute Gasteiger partial charge is 0.354 e. The lowest BCUT2D eigenvalue weighted by Crippen LogP contribution is -2.33. The van der Waals surface area contributed by atoms with Gasteiger partial charge in [-0.3, -0.25) is 9.59 Å². The van der Waals surface area contributed by atoms with Crippen molar-refractivity contribution >= 4 is 28.6 Å². The number of nitriles is 1. The number of H-pyrrole nitrogens is 2. The molecule has 6 rings (SSSR count). The van der Waals surface area contributed by atoms with Crippen molar-refractivity contribution in [2.75, 3.05) is 13.7 Å². The molecule has 3 aromatic rings. The van der Waals surface area contributed by atoms with E-state index in [0.29, 0.717) is 29.2 Å². The molecule has 1 spiro atoms. The van der Waals surface area contributed by atoms with Gasteiger partial charge in [-0.05, 0) is 48.2 Å². The normalized spacial score (nSPS) is 23.0. The van der Waals surface area contributed by atoms with Gasteiger partial charge in [0.1, 0.15) is 11.4 Å². The number of nitrogens with one attached hydrogen (secondary N) is 2. The van der Waals surface area contributed by atoms with Gasteiger partial charge in [0.2, 0.25) is 5.78 Å². The number of ketones is 1. The summed E-state index contributed by atoms with van der Waals surface area (Å²) < 4.78 is 4.78. The van der Waals surface area contributed by atoms with Crippen LogP contribution in [0.2, 0.25) is 0 Å². The number of aromatic nitrogens is 2. The number of benzene rings is 1. The zero-order valence-corrected chi connectivity index (χ0v) is 16.5. The zero-order valence-electron chi connectivity index (χ0n) is 16.5. The van der Waals surface area contributed by atoms with Crippen LogP contribution in [-0.4, -0.2) is 46.2 Å². The minimum Gasteiger partial charge on any atom is -0.464 e. The maximum atomic E-state index is 13.4. The molecule has 152 valence electrons. The second-order valence-electron chi connectivity index (χ2n) is 8.24. The van der Waals surface area contributed by atoms with Gasteiger partial charge in [-0.25, -0.2) is 4.79 Å². The number of carbonyl (C=O) groups excluding carboxylic acids is 3. The minimum atomic E-state index is -0.530. The molecule has 1 saturated heterocycles. The number of likely N-dealkylation sites (tertiary alicyclic amines) is 1. The van der Waals surface area contributed by atoms with E-state index in [-0.39, 0.29) is 23.3 Å². The summed E-state index contributed by atoms with van der Waals surface area (Å²) in [4.78, 5) is 45.8. The van der Waals surface area contributed by atoms with Crippen LogP contribution in [0.3, 0.4) is 0 Å². The SMILES string of the molecule is COC(=O)c1cc2c([nH]1)C(=O)C=C1N(C(=O)c3cc4cc(C#N)ccc4[nH]3)C[C@H]3C[C@]123. The van der Waals surface area contributed by atoms with Crippen LogP contribution in [0.5, 0.6) is 0 Å². The molecule has 1 amide bonds. The fraction of sp³-hybridized carbons (Fsp3) is 0.217. The molecule has 3 heterocycles. The Kier molecular flexibility index (Phi) is 3.27. The number of rotatable bonds is 2. The van der Waals surface area contributed by atoms with Crippen molar-refractivity contribution in [1.29, 1.82) is 5.26 Å². The Hall–Kier alpha value is -4.12. The Morgan fingerprint density at radius 1 is 1.23 bits per heavy atom. The monoisotopic (exact) mass is 412 g/mol. The number of hydrogen-bond donors (Lipinski definition) is 2. The van der Waals surface area contributed by atoms with Crippen molar-refractivity contribution in [3.05, 3.63) is 70.3 Å². The first kappa shape index (κ1) is 17.7. The summed E-state index contributed by atoms with van der Waals surface area (Å²) in [7, 11) is 1.29. The molecule has 0 unspecified atom stereocenters. The maximum Gasteiger partial charge on any atom is 0.354 e. The third kappa shape index (κ3) is 2.20. The lowest BCUT2D eigenvalue weighted by molar-refractivity contribution is 0.0594. The Bertz CT molecular complexity index is 1420. The second kappa shape index (κ2) is 5.73. The number of esters is 1. The molecule has 3 aliphatic rings. The van der Waals surface area contributed by atoms with E-state index >= 15 is 0 Å². The summed E-state index contributed by atoms with van der Waals surface area (Å²) in [6.45, 7) is 0.509. The molecular formula is C23H16N4O4. The van der Waals surface area contributed by atoms with Crippen LogP contribution in [-0.2, 0) is 10.2 Å². The van der Waals surface area contributed by atoms with Crippen LogP contribution in [0.1, 0.15) is 49.0 Å². The summed E-state index contributed by atoms with van der Waals surface area (Å²) in [5, 5.41) is 9.88. The number of carbonyl (C=O) groups is 3. The van der Waals surface area contributed by atoms with Crippen molar-refractivity contribution in [1.82, 2.24) is 14.9 Å². The van der Waals surface area contributed by atoms with Crippen LogP contribution < -0.4 is 0 Å². The van der Waals surface area contributed by atoms with Crippen molar-refractivity contribution in [2.24, 2.45) is 5.92 Å². The van der Waals surface area contributed by atoms with E-state index in [1.165, 1.54) is 13.2 Å². The van der Waals surface area contributed by atoms with Crippen LogP contribution >= 0.6 is 0 Å². The van der Waals surface area contributed by atoms with Crippen molar-refractivity contribution < 1.29 is 19.1 Å².